The number of nitrogens with zero attached hydrogens (tertiary/aromatic N) is 2. The van der Waals surface area contributed by atoms with Crippen LogP contribution in [0.3, 0.4) is 0 Å². The van der Waals surface area contributed by atoms with Crippen LogP contribution in [-0.2, 0) is 10.0 Å². The molecule has 1 aromatic heterocycles. The first kappa shape index (κ1) is 14.2. The highest BCUT2D eigenvalue weighted by molar-refractivity contribution is 7.89. The quantitative estimate of drug-likeness (QED) is 0.638. The molecular formula is C12H15N3O2S2. The molecule has 0 spiro atoms. The lowest BCUT2D eigenvalue weighted by Crippen LogP contribution is -2.50. The lowest BCUT2D eigenvalue weighted by molar-refractivity contribution is 0.320. The fourth-order valence-corrected chi connectivity index (χ4v) is 3.68. The van der Waals surface area contributed by atoms with Gasteiger partial charge in [-0.3, -0.25) is 0 Å². The van der Waals surface area contributed by atoms with Crippen molar-refractivity contribution < 1.29 is 8.42 Å². The van der Waals surface area contributed by atoms with Crippen LogP contribution in [0.25, 0.3) is 0 Å². The molecule has 1 aliphatic rings. The summed E-state index contributed by atoms with van der Waals surface area (Å²) >= 11 is 4.20. The largest absolute Gasteiger partial charge is 0.373 e. The van der Waals surface area contributed by atoms with Gasteiger partial charge in [0, 0.05) is 18.3 Å². The molecule has 2 rings (SSSR count). The lowest BCUT2D eigenvalue weighted by atomic mass is 10.3. The van der Waals surface area contributed by atoms with Crippen LogP contribution < -0.4 is 5.32 Å². The highest BCUT2D eigenvalue weighted by atomic mass is 32.2. The van der Waals surface area contributed by atoms with Gasteiger partial charge in [-0.25, -0.2) is 13.4 Å². The fourth-order valence-electron chi connectivity index (χ4n) is 1.62. The minimum Gasteiger partial charge on any atom is -0.373 e. The van der Waals surface area contributed by atoms with E-state index in [1.807, 2.05) is 0 Å². The van der Waals surface area contributed by atoms with Gasteiger partial charge in [0.2, 0.25) is 0 Å². The van der Waals surface area contributed by atoms with E-state index in [0.717, 1.165) is 5.69 Å². The van der Waals surface area contributed by atoms with Crippen LogP contribution in [0, 0.1) is 11.8 Å². The Hall–Kier alpha value is -1.23. The number of aromatic nitrogens is 1. The Bertz CT molecular complexity index is 596. The molecule has 0 atom stereocenters. The van der Waals surface area contributed by atoms with E-state index in [4.69, 9.17) is 0 Å². The highest BCUT2D eigenvalue weighted by Gasteiger charge is 2.35. The number of anilines is 1. The standard InChI is InChI=1S/C12H15N3O2S2/c1-2-3-6-13-10-4-5-12(14-7-10)19(16,17)15-8-11(18)9-15/h4-5,7,11,13,18H,6,8-9H2,1H3. The molecule has 1 aromatic rings. The van der Waals surface area contributed by atoms with E-state index in [1.165, 1.54) is 16.6 Å². The van der Waals surface area contributed by atoms with Gasteiger partial charge in [0.05, 0.1) is 18.4 Å². The predicted molar refractivity (Wildman–Crippen MR) is 77.7 cm³/mol. The Kier molecular flexibility index (Phi) is 4.34. The molecule has 1 fully saturated rings. The molecule has 0 radical (unpaired) electrons. The number of hydrogen-bond donors (Lipinski definition) is 2. The first-order valence-electron chi connectivity index (χ1n) is 5.82. The summed E-state index contributed by atoms with van der Waals surface area (Å²) in [5.74, 6) is 5.62. The van der Waals surface area contributed by atoms with Crippen molar-refractivity contribution in [1.29, 1.82) is 0 Å². The fraction of sp³-hybridized carbons (Fsp3) is 0.417. The monoisotopic (exact) mass is 297 g/mol. The third kappa shape index (κ3) is 3.21. The van der Waals surface area contributed by atoms with E-state index in [-0.39, 0.29) is 10.3 Å². The first-order valence-corrected chi connectivity index (χ1v) is 7.77. The maximum absolute atomic E-state index is 12.1. The van der Waals surface area contributed by atoms with E-state index in [1.54, 1.807) is 13.0 Å². The molecule has 0 saturated carbocycles. The molecule has 1 N–H and O–H groups in total. The summed E-state index contributed by atoms with van der Waals surface area (Å²) < 4.78 is 25.6. The molecule has 1 saturated heterocycles. The molecule has 19 heavy (non-hydrogen) atoms. The number of hydrogen-bond acceptors (Lipinski definition) is 5. The molecule has 5 nitrogen and oxygen atoms in total. The van der Waals surface area contributed by atoms with Gasteiger partial charge < -0.3 is 5.32 Å². The summed E-state index contributed by atoms with van der Waals surface area (Å²) in [6.07, 6.45) is 1.50. The summed E-state index contributed by atoms with van der Waals surface area (Å²) in [7, 11) is -3.46. The van der Waals surface area contributed by atoms with E-state index < -0.39 is 10.0 Å². The van der Waals surface area contributed by atoms with Crippen LogP contribution in [0.5, 0.6) is 0 Å². The van der Waals surface area contributed by atoms with Crippen molar-refractivity contribution in [2.75, 3.05) is 25.0 Å². The van der Waals surface area contributed by atoms with Crippen LogP contribution in [0.2, 0.25) is 0 Å². The summed E-state index contributed by atoms with van der Waals surface area (Å²) in [5.41, 5.74) is 0.748. The minimum absolute atomic E-state index is 0.0693. The van der Waals surface area contributed by atoms with Gasteiger partial charge in [-0.15, -0.1) is 5.92 Å². The third-order valence-electron chi connectivity index (χ3n) is 2.73. The summed E-state index contributed by atoms with van der Waals surface area (Å²) in [6.45, 7) is 3.16. The SMILES string of the molecule is CC#CCNc1ccc(S(=O)(=O)N2CC(S)C2)nc1. The second-order valence-electron chi connectivity index (χ2n) is 4.14. The molecule has 2 heterocycles. The molecule has 1 aliphatic heterocycles. The minimum atomic E-state index is -3.46. The lowest BCUT2D eigenvalue weighted by Gasteiger charge is -2.34. The number of rotatable bonds is 4. The Morgan fingerprint density at radius 2 is 2.26 bits per heavy atom. The average Bonchev–Trinajstić information content (AvgIpc) is 2.36. The van der Waals surface area contributed by atoms with E-state index in [0.29, 0.717) is 19.6 Å². The number of thiol groups is 1. The molecule has 102 valence electrons. The van der Waals surface area contributed by atoms with Gasteiger partial charge >= 0.3 is 0 Å². The second kappa shape index (κ2) is 5.82. The van der Waals surface area contributed by atoms with Crippen molar-refractivity contribution in [1.82, 2.24) is 9.29 Å². The van der Waals surface area contributed by atoms with E-state index >= 15 is 0 Å². The van der Waals surface area contributed by atoms with Crippen molar-refractivity contribution >= 4 is 28.3 Å². The zero-order valence-electron chi connectivity index (χ0n) is 10.5. The van der Waals surface area contributed by atoms with Gasteiger partial charge in [-0.1, -0.05) is 5.92 Å². The summed E-state index contributed by atoms with van der Waals surface area (Å²) in [4.78, 5) is 3.99. The molecule has 0 aromatic carbocycles. The highest BCUT2D eigenvalue weighted by Crippen LogP contribution is 2.23. The molecule has 7 heteroatoms. The van der Waals surface area contributed by atoms with Gasteiger partial charge in [-0.2, -0.15) is 16.9 Å². The van der Waals surface area contributed by atoms with Crippen LogP contribution in [0.15, 0.2) is 23.4 Å². The van der Waals surface area contributed by atoms with Crippen molar-refractivity contribution in [2.24, 2.45) is 0 Å². The van der Waals surface area contributed by atoms with Crippen molar-refractivity contribution in [3.8, 4) is 11.8 Å². The first-order chi connectivity index (χ1) is 9.04. The van der Waals surface area contributed by atoms with E-state index in [2.05, 4.69) is 34.8 Å². The molecule has 0 aliphatic carbocycles. The number of sulfonamides is 1. The van der Waals surface area contributed by atoms with Crippen molar-refractivity contribution in [3.63, 3.8) is 0 Å². The van der Waals surface area contributed by atoms with E-state index in [9.17, 15) is 8.42 Å². The van der Waals surface area contributed by atoms with Gasteiger partial charge in [0.25, 0.3) is 10.0 Å². The second-order valence-corrected chi connectivity index (χ2v) is 6.76. The normalized spacial score (nSPS) is 16.3. The average molecular weight is 297 g/mol. The molecule has 0 amide bonds. The maximum Gasteiger partial charge on any atom is 0.260 e. The zero-order chi connectivity index (χ0) is 13.9. The van der Waals surface area contributed by atoms with Gasteiger partial charge in [0.1, 0.15) is 0 Å². The Balaban J connectivity index is 2.07. The zero-order valence-corrected chi connectivity index (χ0v) is 12.2. The smallest absolute Gasteiger partial charge is 0.260 e. The Morgan fingerprint density at radius 3 is 2.79 bits per heavy atom. The molecule has 0 bridgehead atoms. The van der Waals surface area contributed by atoms with Crippen LogP contribution in [0.4, 0.5) is 5.69 Å². The van der Waals surface area contributed by atoms with Crippen LogP contribution in [-0.4, -0.2) is 42.6 Å². The van der Waals surface area contributed by atoms with Crippen molar-refractivity contribution in [3.05, 3.63) is 18.3 Å². The number of nitrogens with one attached hydrogen (secondary N) is 1. The Labute approximate surface area is 118 Å². The summed E-state index contributed by atoms with van der Waals surface area (Å²) in [6, 6.07) is 3.19. The van der Waals surface area contributed by atoms with Crippen LogP contribution in [0.1, 0.15) is 6.92 Å². The number of pyridine rings is 1. The Morgan fingerprint density at radius 1 is 1.53 bits per heavy atom. The maximum atomic E-state index is 12.1. The topological polar surface area (TPSA) is 62.3 Å². The molecular weight excluding hydrogens is 282 g/mol. The van der Waals surface area contributed by atoms with Crippen LogP contribution >= 0.6 is 12.6 Å². The third-order valence-corrected chi connectivity index (χ3v) is 4.80. The van der Waals surface area contributed by atoms with Crippen molar-refractivity contribution in [2.45, 2.75) is 17.2 Å². The van der Waals surface area contributed by atoms with Gasteiger partial charge in [-0.05, 0) is 19.1 Å². The summed E-state index contributed by atoms with van der Waals surface area (Å²) in [5, 5.41) is 3.23. The van der Waals surface area contributed by atoms with Gasteiger partial charge in [0.15, 0.2) is 5.03 Å². The predicted octanol–water partition coefficient (Wildman–Crippen LogP) is 0.819. The molecule has 0 unspecified atom stereocenters.